The molecule has 1 aliphatic heterocycles. The van der Waals surface area contributed by atoms with Gasteiger partial charge in [0, 0.05) is 12.1 Å². The third-order valence-electron chi connectivity index (χ3n) is 4.77. The Hall–Kier alpha value is -2.82. The van der Waals surface area contributed by atoms with E-state index in [9.17, 15) is 15.0 Å². The molecule has 10 nitrogen and oxygen atoms in total. The van der Waals surface area contributed by atoms with Crippen LogP contribution in [0.1, 0.15) is 19.1 Å². The predicted molar refractivity (Wildman–Crippen MR) is 95.1 cm³/mol. The van der Waals surface area contributed by atoms with E-state index < -0.39 is 24.5 Å². The standard InChI is InChI=1S/C17H20N6O4/c18-14-11-15(21-7-20-14)23(8-22-11)17-13(25)12(24)10(27-17)6-19-16(26)9-4-2-1-3-5-9/h1-2,4,7-8,10,12-13,17,24-25H,3,5-6H2,(H,19,26)(H2,18,20,21). The first-order chi connectivity index (χ1) is 13.1. The van der Waals surface area contributed by atoms with E-state index in [1.54, 1.807) is 6.08 Å². The maximum Gasteiger partial charge on any atom is 0.247 e. The maximum absolute atomic E-state index is 12.2. The van der Waals surface area contributed by atoms with Crippen molar-refractivity contribution in [1.82, 2.24) is 24.8 Å². The van der Waals surface area contributed by atoms with Crippen molar-refractivity contribution in [3.05, 3.63) is 36.5 Å². The van der Waals surface area contributed by atoms with Crippen molar-refractivity contribution in [1.29, 1.82) is 0 Å². The number of nitrogens with two attached hydrogens (primary N) is 1. The molecular weight excluding hydrogens is 352 g/mol. The number of aliphatic hydroxyl groups is 2. The van der Waals surface area contributed by atoms with E-state index in [2.05, 4.69) is 20.3 Å². The lowest BCUT2D eigenvalue weighted by atomic mass is 10.0. The molecule has 0 bridgehead atoms. The summed E-state index contributed by atoms with van der Waals surface area (Å²) in [5.41, 5.74) is 7.23. The number of ether oxygens (including phenoxy) is 1. The Morgan fingerprint density at radius 2 is 2.19 bits per heavy atom. The normalized spacial score (nSPS) is 27.7. The molecule has 4 rings (SSSR count). The quantitative estimate of drug-likeness (QED) is 0.557. The number of aliphatic hydroxyl groups excluding tert-OH is 2. The average molecular weight is 372 g/mol. The number of carbonyl (C=O) groups excluding carboxylic acids is 1. The van der Waals surface area contributed by atoms with Crippen LogP contribution in [0.5, 0.6) is 0 Å². The minimum atomic E-state index is -1.21. The van der Waals surface area contributed by atoms with Crippen molar-refractivity contribution in [2.45, 2.75) is 37.4 Å². The summed E-state index contributed by atoms with van der Waals surface area (Å²) < 4.78 is 7.29. The maximum atomic E-state index is 12.2. The zero-order valence-electron chi connectivity index (χ0n) is 14.4. The zero-order chi connectivity index (χ0) is 19.0. The largest absolute Gasteiger partial charge is 0.387 e. The lowest BCUT2D eigenvalue weighted by Gasteiger charge is -2.17. The summed E-state index contributed by atoms with van der Waals surface area (Å²) >= 11 is 0. The van der Waals surface area contributed by atoms with Crippen LogP contribution in [-0.2, 0) is 9.53 Å². The highest BCUT2D eigenvalue weighted by molar-refractivity contribution is 5.93. The summed E-state index contributed by atoms with van der Waals surface area (Å²) in [5, 5.41) is 23.5. The van der Waals surface area contributed by atoms with E-state index in [-0.39, 0.29) is 18.3 Å². The number of nitrogens with zero attached hydrogens (tertiary/aromatic N) is 4. The van der Waals surface area contributed by atoms with Gasteiger partial charge in [-0.15, -0.1) is 0 Å². The van der Waals surface area contributed by atoms with Gasteiger partial charge in [0.05, 0.1) is 6.33 Å². The third kappa shape index (κ3) is 3.18. The van der Waals surface area contributed by atoms with Gasteiger partial charge in [-0.1, -0.05) is 18.2 Å². The van der Waals surface area contributed by atoms with Crippen molar-refractivity contribution >= 4 is 22.9 Å². The highest BCUT2D eigenvalue weighted by Crippen LogP contribution is 2.31. The Bertz CT molecular complexity index is 923. The van der Waals surface area contributed by atoms with Gasteiger partial charge in [0.25, 0.3) is 0 Å². The van der Waals surface area contributed by atoms with Crippen LogP contribution in [0.25, 0.3) is 11.2 Å². The molecule has 0 spiro atoms. The molecular formula is C17H20N6O4. The van der Waals surface area contributed by atoms with Gasteiger partial charge in [0.2, 0.25) is 5.91 Å². The molecule has 0 saturated carbocycles. The second kappa shape index (κ2) is 7.06. The van der Waals surface area contributed by atoms with Crippen LogP contribution in [-0.4, -0.2) is 60.5 Å². The van der Waals surface area contributed by atoms with Crippen LogP contribution in [0, 0.1) is 0 Å². The SMILES string of the molecule is Nc1ncnc2c1ncn2C1OC(CNC(=O)C2=CC=CCC2)C(O)C1O. The van der Waals surface area contributed by atoms with Crippen molar-refractivity contribution in [3.8, 4) is 0 Å². The van der Waals surface area contributed by atoms with Crippen LogP contribution in [0.3, 0.4) is 0 Å². The molecule has 0 aromatic carbocycles. The van der Waals surface area contributed by atoms with E-state index in [1.165, 1.54) is 17.2 Å². The van der Waals surface area contributed by atoms with Crippen LogP contribution in [0.2, 0.25) is 0 Å². The number of fused-ring (bicyclic) bond motifs is 1. The van der Waals surface area contributed by atoms with Crippen LogP contribution >= 0.6 is 0 Å². The molecule has 1 fully saturated rings. The molecule has 1 amide bonds. The van der Waals surface area contributed by atoms with Gasteiger partial charge in [0.1, 0.15) is 30.2 Å². The number of nitrogens with one attached hydrogen (secondary N) is 1. The fourth-order valence-electron chi connectivity index (χ4n) is 3.28. The number of anilines is 1. The van der Waals surface area contributed by atoms with Gasteiger partial charge in [-0.25, -0.2) is 15.0 Å². The molecule has 2 aromatic rings. The van der Waals surface area contributed by atoms with E-state index in [4.69, 9.17) is 10.5 Å². The predicted octanol–water partition coefficient (Wildman–Crippen LogP) is -0.580. The molecule has 5 N–H and O–H groups in total. The highest BCUT2D eigenvalue weighted by Gasteiger charge is 2.44. The number of amides is 1. The van der Waals surface area contributed by atoms with Crippen LogP contribution < -0.4 is 11.1 Å². The van der Waals surface area contributed by atoms with E-state index in [0.29, 0.717) is 23.2 Å². The lowest BCUT2D eigenvalue weighted by Crippen LogP contribution is -2.40. The van der Waals surface area contributed by atoms with Gasteiger partial charge >= 0.3 is 0 Å². The van der Waals surface area contributed by atoms with Gasteiger partial charge in [-0.2, -0.15) is 0 Å². The first-order valence-corrected chi connectivity index (χ1v) is 8.64. The van der Waals surface area contributed by atoms with Crippen LogP contribution in [0.4, 0.5) is 5.82 Å². The molecule has 2 aromatic heterocycles. The summed E-state index contributed by atoms with van der Waals surface area (Å²) in [4.78, 5) is 24.3. The molecule has 4 atom stereocenters. The summed E-state index contributed by atoms with van der Waals surface area (Å²) in [7, 11) is 0. The minimum absolute atomic E-state index is 0.0678. The van der Waals surface area contributed by atoms with Gasteiger partial charge < -0.3 is 26.0 Å². The Kier molecular flexibility index (Phi) is 4.60. The van der Waals surface area contributed by atoms with Crippen LogP contribution in [0.15, 0.2) is 36.5 Å². The second-order valence-corrected chi connectivity index (χ2v) is 6.50. The van der Waals surface area contributed by atoms with Gasteiger partial charge in [0.15, 0.2) is 17.7 Å². The van der Waals surface area contributed by atoms with Crippen molar-refractivity contribution in [3.63, 3.8) is 0 Å². The highest BCUT2D eigenvalue weighted by atomic mass is 16.6. The summed E-state index contributed by atoms with van der Waals surface area (Å²) in [6.45, 7) is 0.0678. The molecule has 4 unspecified atom stereocenters. The number of hydrogen-bond donors (Lipinski definition) is 4. The number of aromatic nitrogens is 4. The number of rotatable bonds is 4. The molecule has 27 heavy (non-hydrogen) atoms. The molecule has 3 heterocycles. The van der Waals surface area contributed by atoms with E-state index >= 15 is 0 Å². The number of nitrogen functional groups attached to an aromatic ring is 1. The molecule has 10 heteroatoms. The fourth-order valence-corrected chi connectivity index (χ4v) is 3.28. The minimum Gasteiger partial charge on any atom is -0.387 e. The monoisotopic (exact) mass is 372 g/mol. The van der Waals surface area contributed by atoms with Crippen molar-refractivity contribution < 1.29 is 19.7 Å². The lowest BCUT2D eigenvalue weighted by molar-refractivity contribution is -0.118. The molecule has 1 aliphatic carbocycles. The van der Waals surface area contributed by atoms with Gasteiger partial charge in [-0.3, -0.25) is 9.36 Å². The Labute approximate surface area is 154 Å². The zero-order valence-corrected chi connectivity index (χ0v) is 14.4. The Morgan fingerprint density at radius 3 is 2.96 bits per heavy atom. The Morgan fingerprint density at radius 1 is 1.33 bits per heavy atom. The number of imidazole rings is 1. The Balaban J connectivity index is 1.47. The van der Waals surface area contributed by atoms with E-state index in [1.807, 2.05) is 12.2 Å². The molecule has 2 aliphatic rings. The number of hydrogen-bond acceptors (Lipinski definition) is 8. The molecule has 1 saturated heterocycles. The first-order valence-electron chi connectivity index (χ1n) is 8.64. The van der Waals surface area contributed by atoms with Crippen molar-refractivity contribution in [2.24, 2.45) is 0 Å². The van der Waals surface area contributed by atoms with Crippen molar-refractivity contribution in [2.75, 3.05) is 12.3 Å². The van der Waals surface area contributed by atoms with Gasteiger partial charge in [-0.05, 0) is 12.8 Å². The topological polar surface area (TPSA) is 148 Å². The third-order valence-corrected chi connectivity index (χ3v) is 4.77. The second-order valence-electron chi connectivity index (χ2n) is 6.50. The van der Waals surface area contributed by atoms with E-state index in [0.717, 1.165) is 6.42 Å². The summed E-state index contributed by atoms with van der Waals surface area (Å²) in [5.74, 6) is 0.00656. The summed E-state index contributed by atoms with van der Waals surface area (Å²) in [6, 6.07) is 0. The number of carbonyl (C=O) groups is 1. The first kappa shape index (κ1) is 17.6. The smallest absolute Gasteiger partial charge is 0.247 e. The molecule has 142 valence electrons. The fraction of sp³-hybridized carbons (Fsp3) is 0.412. The average Bonchev–Trinajstić information content (AvgIpc) is 3.23. The summed E-state index contributed by atoms with van der Waals surface area (Å²) in [6.07, 6.45) is 5.75. The number of allylic oxidation sites excluding steroid dienone is 3. The molecule has 0 radical (unpaired) electrons.